The van der Waals surface area contributed by atoms with E-state index in [9.17, 15) is 4.79 Å². The van der Waals surface area contributed by atoms with Crippen LogP contribution < -0.4 is 5.32 Å². The molecular weight excluding hydrogens is 206 g/mol. The molecule has 5 heteroatoms. The predicted octanol–water partition coefficient (Wildman–Crippen LogP) is 0.944. The Bertz CT molecular complexity index is 358. The molecule has 0 atom stereocenters. The van der Waals surface area contributed by atoms with Crippen LogP contribution >= 0.6 is 0 Å². The highest BCUT2D eigenvalue weighted by Crippen LogP contribution is 2.07. The van der Waals surface area contributed by atoms with Crippen molar-refractivity contribution < 1.29 is 9.53 Å². The van der Waals surface area contributed by atoms with Crippen LogP contribution in [0.25, 0.3) is 0 Å². The van der Waals surface area contributed by atoms with Crippen LogP contribution in [0.4, 0.5) is 0 Å². The fourth-order valence-electron chi connectivity index (χ4n) is 1.43. The topological polar surface area (TPSA) is 56.2 Å². The van der Waals surface area contributed by atoms with Gasteiger partial charge >= 0.3 is 5.97 Å². The molecule has 0 radical (unpaired) electrons. The molecule has 0 spiro atoms. The third-order valence-corrected chi connectivity index (χ3v) is 2.51. The maximum absolute atomic E-state index is 11.4. The monoisotopic (exact) mass is 225 g/mol. The highest BCUT2D eigenvalue weighted by molar-refractivity contribution is 5.79. The number of nitrogens with zero attached hydrogens (tertiary/aromatic N) is 2. The van der Waals surface area contributed by atoms with Crippen LogP contribution in [0.15, 0.2) is 12.3 Å². The number of rotatable bonds is 5. The van der Waals surface area contributed by atoms with Crippen LogP contribution in [0.2, 0.25) is 0 Å². The van der Waals surface area contributed by atoms with Crippen LogP contribution in [0.1, 0.15) is 26.5 Å². The molecule has 0 aromatic carbocycles. The predicted molar refractivity (Wildman–Crippen MR) is 60.8 cm³/mol. The number of ether oxygens (including phenoxy) is 1. The fourth-order valence-corrected chi connectivity index (χ4v) is 1.43. The molecule has 0 aliphatic heterocycles. The summed E-state index contributed by atoms with van der Waals surface area (Å²) in [4.78, 5) is 11.4. The first-order chi connectivity index (χ1) is 7.51. The van der Waals surface area contributed by atoms with E-state index in [-0.39, 0.29) is 5.97 Å². The molecule has 90 valence electrons. The van der Waals surface area contributed by atoms with Crippen molar-refractivity contribution in [3.63, 3.8) is 0 Å². The molecule has 1 N–H and O–H groups in total. The summed E-state index contributed by atoms with van der Waals surface area (Å²) in [6, 6.07) is 1.93. The number of hydrogen-bond donors (Lipinski definition) is 1. The minimum atomic E-state index is -0.683. The quantitative estimate of drug-likeness (QED) is 0.758. The molecular formula is C11H19N3O2. The van der Waals surface area contributed by atoms with Gasteiger partial charge in [0.25, 0.3) is 0 Å². The van der Waals surface area contributed by atoms with E-state index in [0.717, 1.165) is 12.2 Å². The number of nitrogens with one attached hydrogen (secondary N) is 1. The van der Waals surface area contributed by atoms with Gasteiger partial charge in [-0.2, -0.15) is 5.10 Å². The molecule has 1 aromatic rings. The molecule has 0 amide bonds. The summed E-state index contributed by atoms with van der Waals surface area (Å²) < 4.78 is 6.61. The average Bonchev–Trinajstić information content (AvgIpc) is 2.72. The Kier molecular flexibility index (Phi) is 4.06. The highest BCUT2D eigenvalue weighted by atomic mass is 16.5. The van der Waals surface area contributed by atoms with E-state index in [2.05, 4.69) is 10.4 Å². The lowest BCUT2D eigenvalue weighted by Crippen LogP contribution is -2.47. The van der Waals surface area contributed by atoms with Crippen LogP contribution in [0.5, 0.6) is 0 Å². The zero-order chi connectivity index (χ0) is 12.2. The number of hydrogen-bond acceptors (Lipinski definition) is 4. The van der Waals surface area contributed by atoms with Crippen LogP contribution in [0.3, 0.4) is 0 Å². The lowest BCUT2D eigenvalue weighted by Gasteiger charge is -2.23. The summed E-state index contributed by atoms with van der Waals surface area (Å²) in [5.41, 5.74) is 0.372. The molecule has 0 aliphatic carbocycles. The van der Waals surface area contributed by atoms with Gasteiger partial charge in [0.05, 0.1) is 12.8 Å². The summed E-state index contributed by atoms with van der Waals surface area (Å²) >= 11 is 0. The molecule has 0 saturated heterocycles. The van der Waals surface area contributed by atoms with Crippen molar-refractivity contribution in [1.82, 2.24) is 15.1 Å². The molecule has 1 rings (SSSR count). The van der Waals surface area contributed by atoms with Crippen molar-refractivity contribution in [2.75, 3.05) is 7.11 Å². The molecule has 0 fully saturated rings. The number of esters is 1. The zero-order valence-corrected chi connectivity index (χ0v) is 10.3. The van der Waals surface area contributed by atoms with E-state index in [4.69, 9.17) is 4.74 Å². The van der Waals surface area contributed by atoms with Gasteiger partial charge in [-0.3, -0.25) is 14.8 Å². The van der Waals surface area contributed by atoms with E-state index in [0.29, 0.717) is 6.54 Å². The van der Waals surface area contributed by atoms with E-state index in [1.54, 1.807) is 20.0 Å². The maximum atomic E-state index is 11.4. The van der Waals surface area contributed by atoms with Crippen LogP contribution in [-0.4, -0.2) is 28.4 Å². The summed E-state index contributed by atoms with van der Waals surface area (Å²) in [6.07, 6.45) is 1.76. The van der Waals surface area contributed by atoms with Gasteiger partial charge in [0, 0.05) is 19.3 Å². The normalized spacial score (nSPS) is 11.5. The molecule has 0 unspecified atom stereocenters. The first-order valence-corrected chi connectivity index (χ1v) is 5.35. The van der Waals surface area contributed by atoms with Crippen molar-refractivity contribution in [2.24, 2.45) is 0 Å². The Morgan fingerprint density at radius 1 is 1.62 bits per heavy atom. The number of carbonyl (C=O) groups excluding carboxylic acids is 1. The Morgan fingerprint density at radius 2 is 2.31 bits per heavy atom. The number of aryl methyl sites for hydroxylation is 1. The SMILES string of the molecule is CCn1nccc1CNC(C)(C)C(=O)OC. The summed E-state index contributed by atoms with van der Waals surface area (Å²) in [5, 5.41) is 7.31. The number of methoxy groups -OCH3 is 1. The van der Waals surface area contributed by atoms with E-state index < -0.39 is 5.54 Å². The maximum Gasteiger partial charge on any atom is 0.325 e. The van der Waals surface area contributed by atoms with Crippen LogP contribution in [-0.2, 0) is 22.6 Å². The van der Waals surface area contributed by atoms with Crippen molar-refractivity contribution in [3.8, 4) is 0 Å². The summed E-state index contributed by atoms with van der Waals surface area (Å²) in [6.45, 7) is 7.04. The second-order valence-corrected chi connectivity index (χ2v) is 4.11. The molecule has 0 bridgehead atoms. The fraction of sp³-hybridized carbons (Fsp3) is 0.636. The lowest BCUT2D eigenvalue weighted by molar-refractivity contribution is -0.147. The summed E-state index contributed by atoms with van der Waals surface area (Å²) in [7, 11) is 1.39. The minimum Gasteiger partial charge on any atom is -0.468 e. The summed E-state index contributed by atoms with van der Waals surface area (Å²) in [5.74, 6) is -0.268. The van der Waals surface area contributed by atoms with E-state index >= 15 is 0 Å². The number of carbonyl (C=O) groups is 1. The molecule has 1 heterocycles. The molecule has 5 nitrogen and oxygen atoms in total. The van der Waals surface area contributed by atoms with Crippen molar-refractivity contribution in [3.05, 3.63) is 18.0 Å². The Balaban J connectivity index is 2.60. The van der Waals surface area contributed by atoms with Gasteiger partial charge in [0.2, 0.25) is 0 Å². The largest absolute Gasteiger partial charge is 0.468 e. The molecule has 16 heavy (non-hydrogen) atoms. The van der Waals surface area contributed by atoms with Crippen molar-refractivity contribution in [2.45, 2.75) is 39.4 Å². The number of aromatic nitrogens is 2. The second kappa shape index (κ2) is 5.12. The van der Waals surface area contributed by atoms with Crippen LogP contribution in [0, 0.1) is 0 Å². The molecule has 1 aromatic heterocycles. The van der Waals surface area contributed by atoms with Gasteiger partial charge < -0.3 is 4.74 Å². The van der Waals surface area contributed by atoms with Gasteiger partial charge in [0.1, 0.15) is 5.54 Å². The van der Waals surface area contributed by atoms with Crippen molar-refractivity contribution >= 4 is 5.97 Å². The van der Waals surface area contributed by atoms with Gasteiger partial charge in [-0.1, -0.05) is 0 Å². The van der Waals surface area contributed by atoms with E-state index in [1.165, 1.54) is 7.11 Å². The Labute approximate surface area is 95.8 Å². The molecule has 0 aliphatic rings. The van der Waals surface area contributed by atoms with Gasteiger partial charge in [0.15, 0.2) is 0 Å². The van der Waals surface area contributed by atoms with Crippen molar-refractivity contribution in [1.29, 1.82) is 0 Å². The highest BCUT2D eigenvalue weighted by Gasteiger charge is 2.27. The third kappa shape index (κ3) is 2.82. The lowest BCUT2D eigenvalue weighted by atomic mass is 10.1. The van der Waals surface area contributed by atoms with Gasteiger partial charge in [-0.05, 0) is 26.8 Å². The third-order valence-electron chi connectivity index (χ3n) is 2.51. The minimum absolute atomic E-state index is 0.268. The van der Waals surface area contributed by atoms with Gasteiger partial charge in [-0.25, -0.2) is 0 Å². The smallest absolute Gasteiger partial charge is 0.325 e. The first kappa shape index (κ1) is 12.7. The van der Waals surface area contributed by atoms with Gasteiger partial charge in [-0.15, -0.1) is 0 Å². The Hall–Kier alpha value is -1.36. The Morgan fingerprint density at radius 3 is 2.88 bits per heavy atom. The standard InChI is InChI=1S/C11H19N3O2/c1-5-14-9(6-7-13-14)8-12-11(2,3)10(15)16-4/h6-7,12H,5,8H2,1-4H3. The first-order valence-electron chi connectivity index (χ1n) is 5.35. The molecule has 0 saturated carbocycles. The second-order valence-electron chi connectivity index (χ2n) is 4.11. The zero-order valence-electron chi connectivity index (χ0n) is 10.3. The van der Waals surface area contributed by atoms with E-state index in [1.807, 2.05) is 17.7 Å². The average molecular weight is 225 g/mol.